The van der Waals surface area contributed by atoms with E-state index in [0.717, 1.165) is 0 Å². The molecule has 6 heavy (non-hydrogen) atoms. The lowest BCUT2D eigenvalue weighted by molar-refractivity contribution is 1.64. The van der Waals surface area contributed by atoms with Gasteiger partial charge in [-0.3, -0.25) is 0 Å². The first-order chi connectivity index (χ1) is 2.73. The number of rotatable bonds is 0. The molecule has 0 nitrogen and oxygen atoms in total. The second kappa shape index (κ2) is 1.29. The Morgan fingerprint density at radius 3 is 1.33 bits per heavy atom. The van der Waals surface area contributed by atoms with Gasteiger partial charge in [-0.15, -0.1) is 11.6 Å². The van der Waals surface area contributed by atoms with Crippen LogP contribution < -0.4 is 0 Å². The van der Waals surface area contributed by atoms with Gasteiger partial charge in [0.2, 0.25) is 0 Å². The minimum atomic E-state index is -0.145. The van der Waals surface area contributed by atoms with Crippen molar-refractivity contribution in [3.05, 3.63) is 10.1 Å². The fraction of sp³-hybridized carbons (Fsp3) is 0.333. The number of hydrogen-bond acceptors (Lipinski definition) is 0. The average molecular weight is 143 g/mol. The van der Waals surface area contributed by atoms with Crippen LogP contribution in [0.25, 0.3) is 0 Å². The van der Waals surface area contributed by atoms with Gasteiger partial charge in [-0.25, -0.2) is 0 Å². The van der Waals surface area contributed by atoms with Crippen LogP contribution in [0.1, 0.15) is 0 Å². The lowest BCUT2D eigenvalue weighted by atomic mass is 10.9. The zero-order chi connectivity index (χ0) is 4.73. The minimum absolute atomic E-state index is 0.145. The van der Waals surface area contributed by atoms with Gasteiger partial charge < -0.3 is 0 Å². The van der Waals surface area contributed by atoms with Crippen LogP contribution in [0.15, 0.2) is 10.1 Å². The molecule has 0 aromatic carbocycles. The van der Waals surface area contributed by atoms with E-state index in [1.165, 1.54) is 0 Å². The van der Waals surface area contributed by atoms with Crippen molar-refractivity contribution in [3.8, 4) is 0 Å². The van der Waals surface area contributed by atoms with Crippen LogP contribution in [0.3, 0.4) is 0 Å². The number of hydrogen-bond donors (Lipinski definition) is 0. The van der Waals surface area contributed by atoms with E-state index in [-0.39, 0.29) is 5.38 Å². The van der Waals surface area contributed by atoms with Crippen molar-refractivity contribution in [3.63, 3.8) is 0 Å². The maximum Gasteiger partial charge on any atom is 0.107 e. The largest absolute Gasteiger partial charge is 0.111 e. The molecule has 1 aliphatic carbocycles. The van der Waals surface area contributed by atoms with E-state index in [9.17, 15) is 0 Å². The molecule has 0 bridgehead atoms. The van der Waals surface area contributed by atoms with Crippen molar-refractivity contribution < 1.29 is 0 Å². The van der Waals surface area contributed by atoms with E-state index < -0.39 is 0 Å². The molecule has 0 fully saturated rings. The van der Waals surface area contributed by atoms with E-state index in [0.29, 0.717) is 10.1 Å². The summed E-state index contributed by atoms with van der Waals surface area (Å²) in [5.41, 5.74) is 0. The molecular weight excluding hydrogens is 142 g/mol. The Balaban J connectivity index is 2.54. The molecule has 0 unspecified atom stereocenters. The van der Waals surface area contributed by atoms with Crippen LogP contribution in [-0.4, -0.2) is 5.38 Å². The Kier molecular flexibility index (Phi) is 1.02. The van der Waals surface area contributed by atoms with Crippen molar-refractivity contribution in [1.82, 2.24) is 0 Å². The predicted molar refractivity (Wildman–Crippen MR) is 28.4 cm³/mol. The summed E-state index contributed by atoms with van der Waals surface area (Å²) < 4.78 is 0. The zero-order valence-corrected chi connectivity index (χ0v) is 4.98. The molecular formula is C3HCl3. The van der Waals surface area contributed by atoms with Gasteiger partial charge in [-0.1, -0.05) is 23.2 Å². The third-order valence-electron chi connectivity index (χ3n) is 0.590. The predicted octanol–water partition coefficient (Wildman–Crippen LogP) is 2.30. The fourth-order valence-electron chi connectivity index (χ4n) is 0.148. The summed E-state index contributed by atoms with van der Waals surface area (Å²) in [7, 11) is 0. The highest BCUT2D eigenvalue weighted by molar-refractivity contribution is 6.54. The summed E-state index contributed by atoms with van der Waals surface area (Å²) >= 11 is 16.0. The molecule has 0 heterocycles. The molecule has 0 amide bonds. The summed E-state index contributed by atoms with van der Waals surface area (Å²) in [6, 6.07) is 0. The molecule has 0 aliphatic heterocycles. The first kappa shape index (κ1) is 4.76. The molecule has 0 radical (unpaired) electrons. The van der Waals surface area contributed by atoms with Gasteiger partial charge in [0.15, 0.2) is 0 Å². The van der Waals surface area contributed by atoms with Gasteiger partial charge in [-0.2, -0.15) is 0 Å². The number of allylic oxidation sites excluding steroid dienone is 2. The van der Waals surface area contributed by atoms with E-state index in [1.54, 1.807) is 0 Å². The maximum absolute atomic E-state index is 5.35. The molecule has 0 aromatic heterocycles. The lowest BCUT2D eigenvalue weighted by Gasteiger charge is -1.66. The molecule has 0 saturated carbocycles. The molecule has 1 aliphatic rings. The SMILES string of the molecule is ClC1=C(Cl)C1Cl. The van der Waals surface area contributed by atoms with Crippen LogP contribution in [0.2, 0.25) is 0 Å². The zero-order valence-electron chi connectivity index (χ0n) is 2.71. The van der Waals surface area contributed by atoms with Gasteiger partial charge in [0.25, 0.3) is 0 Å². The van der Waals surface area contributed by atoms with Gasteiger partial charge in [0, 0.05) is 0 Å². The molecule has 34 valence electrons. The highest BCUT2D eigenvalue weighted by atomic mass is 35.5. The quantitative estimate of drug-likeness (QED) is 0.457. The summed E-state index contributed by atoms with van der Waals surface area (Å²) in [6.45, 7) is 0. The Morgan fingerprint density at radius 1 is 1.17 bits per heavy atom. The van der Waals surface area contributed by atoms with E-state index >= 15 is 0 Å². The van der Waals surface area contributed by atoms with Gasteiger partial charge in [0.05, 0.1) is 10.1 Å². The van der Waals surface area contributed by atoms with Crippen molar-refractivity contribution in [1.29, 1.82) is 0 Å². The van der Waals surface area contributed by atoms with Crippen LogP contribution in [-0.2, 0) is 0 Å². The third-order valence-corrected chi connectivity index (χ3v) is 2.19. The van der Waals surface area contributed by atoms with E-state index in [1.807, 2.05) is 0 Å². The highest BCUT2D eigenvalue weighted by Crippen LogP contribution is 2.42. The van der Waals surface area contributed by atoms with Crippen molar-refractivity contribution >= 4 is 34.8 Å². The van der Waals surface area contributed by atoms with E-state index in [2.05, 4.69) is 0 Å². The van der Waals surface area contributed by atoms with Crippen molar-refractivity contribution in [2.45, 2.75) is 5.38 Å². The normalized spacial score (nSPS) is 22.5. The Morgan fingerprint density at radius 2 is 1.33 bits per heavy atom. The topological polar surface area (TPSA) is 0 Å². The van der Waals surface area contributed by atoms with E-state index in [4.69, 9.17) is 34.8 Å². The van der Waals surface area contributed by atoms with Gasteiger partial charge in [-0.05, 0) is 0 Å². The number of halogens is 3. The first-order valence-electron chi connectivity index (χ1n) is 1.42. The molecule has 1 rings (SSSR count). The minimum Gasteiger partial charge on any atom is -0.111 e. The lowest BCUT2D eigenvalue weighted by Crippen LogP contribution is -1.62. The number of alkyl halides is 1. The Labute approximate surface area is 50.7 Å². The molecule has 0 spiro atoms. The summed E-state index contributed by atoms with van der Waals surface area (Å²) in [5.74, 6) is 0. The molecule has 0 N–H and O–H groups in total. The van der Waals surface area contributed by atoms with Gasteiger partial charge in [0.1, 0.15) is 5.38 Å². The van der Waals surface area contributed by atoms with Crippen LogP contribution >= 0.6 is 34.8 Å². The average Bonchev–Trinajstić information content (AvgIpc) is 1.94. The fourth-order valence-corrected chi connectivity index (χ4v) is 0.815. The smallest absolute Gasteiger partial charge is 0.107 e. The second-order valence-corrected chi connectivity index (χ2v) is 2.31. The molecule has 3 heteroatoms. The molecule has 0 atom stereocenters. The highest BCUT2D eigenvalue weighted by Gasteiger charge is 2.31. The van der Waals surface area contributed by atoms with Crippen LogP contribution in [0.5, 0.6) is 0 Å². The Bertz CT molecular complexity index is 92.6. The summed E-state index contributed by atoms with van der Waals surface area (Å²) in [6.07, 6.45) is 0. The standard InChI is InChI=1S/C3HCl3/c4-1-2(5)3(1)6/h1H. The van der Waals surface area contributed by atoms with Crippen LogP contribution in [0.4, 0.5) is 0 Å². The first-order valence-corrected chi connectivity index (χ1v) is 2.62. The van der Waals surface area contributed by atoms with Crippen molar-refractivity contribution in [2.24, 2.45) is 0 Å². The molecule has 0 aromatic rings. The monoisotopic (exact) mass is 142 g/mol. The summed E-state index contributed by atoms with van der Waals surface area (Å²) in [4.78, 5) is 0. The van der Waals surface area contributed by atoms with Crippen LogP contribution in [0, 0.1) is 0 Å². The van der Waals surface area contributed by atoms with Crippen molar-refractivity contribution in [2.75, 3.05) is 0 Å². The second-order valence-electron chi connectivity index (χ2n) is 1.06. The summed E-state index contributed by atoms with van der Waals surface area (Å²) in [5, 5.41) is 1.05. The van der Waals surface area contributed by atoms with Gasteiger partial charge >= 0.3 is 0 Å². The Hall–Kier alpha value is 0.610. The third kappa shape index (κ3) is 0.534. The maximum atomic E-state index is 5.35. The molecule has 0 saturated heterocycles.